The predicted molar refractivity (Wildman–Crippen MR) is 74.8 cm³/mol. The second-order valence-corrected chi connectivity index (χ2v) is 4.85. The van der Waals surface area contributed by atoms with Gasteiger partial charge < -0.3 is 15.4 Å². The molecule has 1 aliphatic heterocycles. The minimum Gasteiger partial charge on any atom is -0.495 e. The summed E-state index contributed by atoms with van der Waals surface area (Å²) in [7, 11) is 1.53. The van der Waals surface area contributed by atoms with Gasteiger partial charge in [-0.1, -0.05) is 17.8 Å². The van der Waals surface area contributed by atoms with Crippen molar-refractivity contribution in [3.8, 4) is 5.75 Å². The van der Waals surface area contributed by atoms with Crippen molar-refractivity contribution in [3.05, 3.63) is 23.8 Å². The molecule has 0 spiro atoms. The third-order valence-electron chi connectivity index (χ3n) is 2.39. The van der Waals surface area contributed by atoms with Crippen LogP contribution in [0.15, 0.2) is 23.2 Å². The number of anilines is 1. The van der Waals surface area contributed by atoms with Crippen LogP contribution in [0.5, 0.6) is 5.75 Å². The number of benzene rings is 1. The Morgan fingerprint density at radius 1 is 1.53 bits per heavy atom. The molecule has 100 valence electrons. The van der Waals surface area contributed by atoms with Crippen molar-refractivity contribution in [2.24, 2.45) is 4.99 Å². The zero-order valence-corrected chi connectivity index (χ0v) is 11.3. The van der Waals surface area contributed by atoms with Gasteiger partial charge in [0.25, 0.3) is 0 Å². The second-order valence-electron chi connectivity index (χ2n) is 3.89. The van der Waals surface area contributed by atoms with Crippen LogP contribution in [-0.2, 0) is 4.79 Å². The molecule has 1 fully saturated rings. The second kappa shape index (κ2) is 5.75. The summed E-state index contributed by atoms with van der Waals surface area (Å²) in [6.45, 7) is 1.91. The number of nitrogens with zero attached hydrogens (tertiary/aromatic N) is 1. The molecule has 3 amide bonds. The molecule has 1 aromatic carbocycles. The number of carbonyl (C=O) groups is 2. The fraction of sp³-hybridized carbons (Fsp3) is 0.250. The third-order valence-corrected chi connectivity index (χ3v) is 3.26. The van der Waals surface area contributed by atoms with Crippen LogP contribution in [-0.4, -0.2) is 30.0 Å². The zero-order valence-electron chi connectivity index (χ0n) is 10.5. The summed E-state index contributed by atoms with van der Waals surface area (Å²) in [6, 6.07) is 4.89. The molecule has 1 heterocycles. The van der Waals surface area contributed by atoms with Gasteiger partial charge in [0.1, 0.15) is 5.75 Å². The summed E-state index contributed by atoms with van der Waals surface area (Å²) >= 11 is 1.20. The first-order chi connectivity index (χ1) is 9.08. The lowest BCUT2D eigenvalue weighted by Gasteiger charge is -2.09. The molecule has 0 aromatic heterocycles. The topological polar surface area (TPSA) is 79.8 Å². The number of hydrogen-bond acceptors (Lipinski definition) is 4. The smallest absolute Gasteiger partial charge is 0.347 e. The highest BCUT2D eigenvalue weighted by molar-refractivity contribution is 8.15. The summed E-state index contributed by atoms with van der Waals surface area (Å²) in [5, 5.41) is 5.43. The quantitative estimate of drug-likeness (QED) is 0.864. The molecule has 1 aromatic rings. The first-order valence-corrected chi connectivity index (χ1v) is 6.54. The van der Waals surface area contributed by atoms with E-state index in [0.717, 1.165) is 5.56 Å². The largest absolute Gasteiger partial charge is 0.495 e. The van der Waals surface area contributed by atoms with Crippen molar-refractivity contribution in [2.75, 3.05) is 18.2 Å². The van der Waals surface area contributed by atoms with Gasteiger partial charge in [0.2, 0.25) is 5.91 Å². The molecule has 0 saturated carbocycles. The zero-order chi connectivity index (χ0) is 13.8. The average Bonchev–Trinajstić information content (AvgIpc) is 2.75. The van der Waals surface area contributed by atoms with Crippen LogP contribution in [0.25, 0.3) is 0 Å². The molecular weight excluding hydrogens is 266 g/mol. The molecule has 0 radical (unpaired) electrons. The number of rotatable bonds is 2. The molecule has 1 aliphatic rings. The fourth-order valence-corrected chi connectivity index (χ4v) is 2.21. The van der Waals surface area contributed by atoms with E-state index < -0.39 is 6.03 Å². The van der Waals surface area contributed by atoms with Crippen LogP contribution >= 0.6 is 11.8 Å². The van der Waals surface area contributed by atoms with Crippen LogP contribution in [0, 0.1) is 6.92 Å². The lowest BCUT2D eigenvalue weighted by molar-refractivity contribution is -0.116. The highest BCUT2D eigenvalue weighted by Crippen LogP contribution is 2.25. The number of amides is 3. The maximum atomic E-state index is 11.7. The van der Waals surface area contributed by atoms with Gasteiger partial charge in [-0.2, -0.15) is 4.99 Å². The van der Waals surface area contributed by atoms with Gasteiger partial charge in [-0.25, -0.2) is 4.79 Å². The SMILES string of the molecule is COc1ccc(C)cc1NC(=O)/N=C1/NC(=O)CS1. The molecule has 0 bridgehead atoms. The number of aliphatic imine (C=N–C) groups is 1. The highest BCUT2D eigenvalue weighted by Gasteiger charge is 2.18. The lowest BCUT2D eigenvalue weighted by atomic mass is 10.2. The first-order valence-electron chi connectivity index (χ1n) is 5.55. The molecule has 2 rings (SSSR count). The maximum absolute atomic E-state index is 11.7. The molecule has 6 nitrogen and oxygen atoms in total. The number of aryl methyl sites for hydroxylation is 1. The number of methoxy groups -OCH3 is 1. The van der Waals surface area contributed by atoms with Crippen molar-refractivity contribution < 1.29 is 14.3 Å². The standard InChI is InChI=1S/C12H13N3O3S/c1-7-3-4-9(18-2)8(5-7)13-11(17)15-12-14-10(16)6-19-12/h3-5H,6H2,1-2H3,(H2,13,14,15,16,17). The van der Waals surface area contributed by atoms with Gasteiger partial charge in [0.05, 0.1) is 18.6 Å². The number of thioether (sulfide) groups is 1. The first kappa shape index (κ1) is 13.4. The van der Waals surface area contributed by atoms with Gasteiger partial charge in [0.15, 0.2) is 5.17 Å². The van der Waals surface area contributed by atoms with E-state index >= 15 is 0 Å². The van der Waals surface area contributed by atoms with Crippen LogP contribution in [0.2, 0.25) is 0 Å². The van der Waals surface area contributed by atoms with E-state index in [2.05, 4.69) is 15.6 Å². The van der Waals surface area contributed by atoms with Gasteiger partial charge in [0, 0.05) is 0 Å². The summed E-state index contributed by atoms with van der Waals surface area (Å²) in [5.41, 5.74) is 1.54. The van der Waals surface area contributed by atoms with Crippen molar-refractivity contribution in [3.63, 3.8) is 0 Å². The van der Waals surface area contributed by atoms with Crippen molar-refractivity contribution in [1.29, 1.82) is 0 Å². The number of hydrogen-bond donors (Lipinski definition) is 2. The molecular formula is C12H13N3O3S. The number of nitrogens with one attached hydrogen (secondary N) is 2. The van der Waals surface area contributed by atoms with E-state index in [9.17, 15) is 9.59 Å². The normalized spacial score (nSPS) is 16.3. The van der Waals surface area contributed by atoms with Crippen LogP contribution < -0.4 is 15.4 Å². The van der Waals surface area contributed by atoms with Gasteiger partial charge in [-0.05, 0) is 24.6 Å². The Labute approximate surface area is 114 Å². The Bertz CT molecular complexity index is 557. The Balaban J connectivity index is 2.10. The Kier molecular flexibility index (Phi) is 4.06. The number of ether oxygens (including phenoxy) is 1. The third kappa shape index (κ3) is 3.47. The Morgan fingerprint density at radius 2 is 2.32 bits per heavy atom. The molecule has 0 aliphatic carbocycles. The average molecular weight is 279 g/mol. The molecule has 1 saturated heterocycles. The van der Waals surface area contributed by atoms with Crippen molar-refractivity contribution in [2.45, 2.75) is 6.92 Å². The van der Waals surface area contributed by atoms with E-state index in [1.54, 1.807) is 12.1 Å². The van der Waals surface area contributed by atoms with Crippen molar-refractivity contribution in [1.82, 2.24) is 5.32 Å². The van der Waals surface area contributed by atoms with Crippen LogP contribution in [0.3, 0.4) is 0 Å². The lowest BCUT2D eigenvalue weighted by Crippen LogP contribution is -2.22. The summed E-state index contributed by atoms with van der Waals surface area (Å²) < 4.78 is 5.15. The molecule has 7 heteroatoms. The summed E-state index contributed by atoms with van der Waals surface area (Å²) in [6.07, 6.45) is 0. The predicted octanol–water partition coefficient (Wildman–Crippen LogP) is 1.75. The minimum absolute atomic E-state index is 0.148. The van der Waals surface area contributed by atoms with E-state index in [0.29, 0.717) is 22.4 Å². The van der Waals surface area contributed by atoms with Gasteiger partial charge >= 0.3 is 6.03 Å². The Morgan fingerprint density at radius 3 is 2.95 bits per heavy atom. The van der Waals surface area contributed by atoms with Gasteiger partial charge in [-0.15, -0.1) is 0 Å². The number of amidine groups is 1. The van der Waals surface area contributed by atoms with Gasteiger partial charge in [-0.3, -0.25) is 4.79 Å². The van der Waals surface area contributed by atoms with E-state index in [1.807, 2.05) is 13.0 Å². The monoisotopic (exact) mass is 279 g/mol. The molecule has 0 unspecified atom stereocenters. The minimum atomic E-state index is -0.548. The summed E-state index contributed by atoms with van der Waals surface area (Å²) in [5.74, 6) is 0.701. The Hall–Kier alpha value is -2.02. The molecule has 0 atom stereocenters. The van der Waals surface area contributed by atoms with E-state index in [1.165, 1.54) is 18.9 Å². The fourth-order valence-electron chi connectivity index (χ4n) is 1.54. The summed E-state index contributed by atoms with van der Waals surface area (Å²) in [4.78, 5) is 26.5. The number of urea groups is 1. The van der Waals surface area contributed by atoms with Crippen molar-refractivity contribution >= 4 is 34.6 Å². The van der Waals surface area contributed by atoms with Crippen LogP contribution in [0.1, 0.15) is 5.56 Å². The molecule has 2 N–H and O–H groups in total. The molecule has 19 heavy (non-hydrogen) atoms. The van der Waals surface area contributed by atoms with Crippen LogP contribution in [0.4, 0.5) is 10.5 Å². The van der Waals surface area contributed by atoms with E-state index in [-0.39, 0.29) is 5.91 Å². The number of carbonyl (C=O) groups excluding carboxylic acids is 2. The van der Waals surface area contributed by atoms with E-state index in [4.69, 9.17) is 4.74 Å². The highest BCUT2D eigenvalue weighted by atomic mass is 32.2. The maximum Gasteiger partial charge on any atom is 0.347 e.